The average Bonchev–Trinajstić information content (AvgIpc) is 2.59. The molecule has 0 aliphatic rings. The van der Waals surface area contributed by atoms with Crippen LogP contribution in [-0.4, -0.2) is 13.6 Å². The molecule has 0 amide bonds. The van der Waals surface area contributed by atoms with Crippen LogP contribution in [0.15, 0.2) is 72.8 Å². The minimum atomic E-state index is -1.02. The monoisotopic (exact) mass is 293 g/mol. The summed E-state index contributed by atoms with van der Waals surface area (Å²) < 4.78 is 15.0. The number of alkyl halides is 1. The molecule has 0 bridgehead atoms. The predicted molar refractivity (Wildman–Crippen MR) is 90.9 cm³/mol. The van der Waals surface area contributed by atoms with Crippen molar-refractivity contribution in [2.24, 2.45) is 0 Å². The van der Waals surface area contributed by atoms with Crippen molar-refractivity contribution in [3.63, 3.8) is 0 Å². The molecular formula is C20H20FN. The molecule has 0 saturated heterocycles. The molecule has 1 nitrogen and oxygen atoms in total. The molecule has 0 saturated carbocycles. The van der Waals surface area contributed by atoms with E-state index in [1.165, 1.54) is 5.39 Å². The molecular weight excluding hydrogens is 273 g/mol. The number of likely N-dealkylation sites (N-methyl/N-ethyl adjacent to an activating group) is 1. The van der Waals surface area contributed by atoms with Gasteiger partial charge in [0.15, 0.2) is 0 Å². The second-order valence-corrected chi connectivity index (χ2v) is 5.58. The highest BCUT2D eigenvalue weighted by Crippen LogP contribution is 2.35. The lowest BCUT2D eigenvalue weighted by atomic mass is 9.89. The van der Waals surface area contributed by atoms with Crippen LogP contribution in [0.3, 0.4) is 0 Å². The van der Waals surface area contributed by atoms with E-state index >= 15 is 4.39 Å². The smallest absolute Gasteiger partial charge is 0.133 e. The number of hydrogen-bond donors (Lipinski definition) is 1. The summed E-state index contributed by atoms with van der Waals surface area (Å²) in [6.07, 6.45) is -1.02. The lowest BCUT2D eigenvalue weighted by molar-refractivity contribution is 0.284. The molecule has 3 aromatic carbocycles. The van der Waals surface area contributed by atoms with E-state index in [4.69, 9.17) is 0 Å². The zero-order valence-electron chi connectivity index (χ0n) is 12.7. The number of halogens is 1. The first-order valence-electron chi connectivity index (χ1n) is 7.62. The standard InChI is InChI=1S/C20H20FN/c1-22-14-19(20(21)16-8-3-2-4-9-16)18-12-11-15-7-5-6-10-17(15)13-18/h2-13,19-20,22H,14H2,1H3/t19?,20-/m1/s1. The van der Waals surface area contributed by atoms with Crippen LogP contribution in [0.5, 0.6) is 0 Å². The topological polar surface area (TPSA) is 12.0 Å². The van der Waals surface area contributed by atoms with Gasteiger partial charge in [0, 0.05) is 12.5 Å². The molecule has 0 aliphatic heterocycles. The van der Waals surface area contributed by atoms with E-state index in [1.807, 2.05) is 55.6 Å². The average molecular weight is 293 g/mol. The van der Waals surface area contributed by atoms with Gasteiger partial charge in [-0.25, -0.2) is 4.39 Å². The third-order valence-electron chi connectivity index (χ3n) is 4.10. The summed E-state index contributed by atoms with van der Waals surface area (Å²) in [5, 5.41) is 5.46. The number of rotatable bonds is 5. The summed E-state index contributed by atoms with van der Waals surface area (Å²) in [5.41, 5.74) is 1.76. The zero-order chi connectivity index (χ0) is 15.4. The molecule has 0 spiro atoms. The maximum Gasteiger partial charge on any atom is 0.133 e. The van der Waals surface area contributed by atoms with E-state index < -0.39 is 6.17 Å². The molecule has 0 aliphatic carbocycles. The highest BCUT2D eigenvalue weighted by Gasteiger charge is 2.24. The Labute approximate surface area is 130 Å². The Morgan fingerprint density at radius 3 is 2.23 bits per heavy atom. The van der Waals surface area contributed by atoms with Crippen molar-refractivity contribution in [1.82, 2.24) is 5.32 Å². The summed E-state index contributed by atoms with van der Waals surface area (Å²) >= 11 is 0. The van der Waals surface area contributed by atoms with Crippen molar-refractivity contribution in [2.45, 2.75) is 12.1 Å². The van der Waals surface area contributed by atoms with Crippen LogP contribution in [-0.2, 0) is 0 Å². The maximum absolute atomic E-state index is 15.0. The Balaban J connectivity index is 1.98. The molecule has 0 heterocycles. The lowest BCUT2D eigenvalue weighted by Crippen LogP contribution is -2.21. The minimum Gasteiger partial charge on any atom is -0.319 e. The Bertz CT molecular complexity index is 739. The van der Waals surface area contributed by atoms with E-state index in [2.05, 4.69) is 29.6 Å². The number of fused-ring (bicyclic) bond motifs is 1. The summed E-state index contributed by atoms with van der Waals surface area (Å²) in [6.45, 7) is 0.606. The molecule has 1 N–H and O–H groups in total. The minimum absolute atomic E-state index is 0.197. The Kier molecular flexibility index (Phi) is 4.50. The molecule has 2 heteroatoms. The van der Waals surface area contributed by atoms with Crippen molar-refractivity contribution < 1.29 is 4.39 Å². The van der Waals surface area contributed by atoms with Gasteiger partial charge >= 0.3 is 0 Å². The summed E-state index contributed by atoms with van der Waals surface area (Å²) in [5.74, 6) is -0.197. The predicted octanol–water partition coefficient (Wildman–Crippen LogP) is 4.85. The quantitative estimate of drug-likeness (QED) is 0.709. The van der Waals surface area contributed by atoms with Gasteiger partial charge in [-0.15, -0.1) is 0 Å². The molecule has 0 fully saturated rings. The second kappa shape index (κ2) is 6.71. The van der Waals surface area contributed by atoms with E-state index in [9.17, 15) is 0 Å². The molecule has 112 valence electrons. The Morgan fingerprint density at radius 1 is 0.818 bits per heavy atom. The molecule has 0 aromatic heterocycles. The first-order chi connectivity index (χ1) is 10.8. The molecule has 22 heavy (non-hydrogen) atoms. The van der Waals surface area contributed by atoms with Crippen molar-refractivity contribution >= 4 is 10.8 Å². The first-order valence-corrected chi connectivity index (χ1v) is 7.62. The first kappa shape index (κ1) is 14.7. The van der Waals surface area contributed by atoms with Crippen LogP contribution in [0.4, 0.5) is 4.39 Å². The van der Waals surface area contributed by atoms with E-state index in [-0.39, 0.29) is 5.92 Å². The fourth-order valence-corrected chi connectivity index (χ4v) is 2.92. The number of nitrogens with one attached hydrogen (secondary N) is 1. The van der Waals surface area contributed by atoms with Crippen molar-refractivity contribution in [3.05, 3.63) is 83.9 Å². The molecule has 0 radical (unpaired) electrons. The lowest BCUT2D eigenvalue weighted by Gasteiger charge is -2.22. The van der Waals surface area contributed by atoms with Gasteiger partial charge in [-0.2, -0.15) is 0 Å². The third-order valence-corrected chi connectivity index (χ3v) is 4.10. The normalized spacial score (nSPS) is 13.9. The fourth-order valence-electron chi connectivity index (χ4n) is 2.92. The highest BCUT2D eigenvalue weighted by atomic mass is 19.1. The largest absolute Gasteiger partial charge is 0.319 e. The van der Waals surface area contributed by atoms with E-state index in [0.29, 0.717) is 6.54 Å². The number of benzene rings is 3. The fraction of sp³-hybridized carbons (Fsp3) is 0.200. The van der Waals surface area contributed by atoms with Gasteiger partial charge in [0.1, 0.15) is 6.17 Å². The summed E-state index contributed by atoms with van der Waals surface area (Å²) in [4.78, 5) is 0. The van der Waals surface area contributed by atoms with Gasteiger partial charge in [-0.1, -0.05) is 72.8 Å². The van der Waals surface area contributed by atoms with E-state index in [0.717, 1.165) is 16.5 Å². The SMILES string of the molecule is CNCC(c1ccc2ccccc2c1)[C@H](F)c1ccccc1. The van der Waals surface area contributed by atoms with Crippen molar-refractivity contribution in [3.8, 4) is 0 Å². The highest BCUT2D eigenvalue weighted by molar-refractivity contribution is 5.83. The van der Waals surface area contributed by atoms with Crippen molar-refractivity contribution in [2.75, 3.05) is 13.6 Å². The van der Waals surface area contributed by atoms with Gasteiger partial charge in [-0.05, 0) is 28.9 Å². The van der Waals surface area contributed by atoms with Gasteiger partial charge in [0.2, 0.25) is 0 Å². The molecule has 2 atom stereocenters. The van der Waals surface area contributed by atoms with E-state index in [1.54, 1.807) is 0 Å². The van der Waals surface area contributed by atoms with Crippen molar-refractivity contribution in [1.29, 1.82) is 0 Å². The van der Waals surface area contributed by atoms with Crippen LogP contribution < -0.4 is 5.32 Å². The van der Waals surface area contributed by atoms with Crippen LogP contribution in [0.2, 0.25) is 0 Å². The molecule has 3 aromatic rings. The van der Waals surface area contributed by atoms with Gasteiger partial charge in [0.25, 0.3) is 0 Å². The van der Waals surface area contributed by atoms with Crippen LogP contribution in [0.1, 0.15) is 23.2 Å². The van der Waals surface area contributed by atoms with Gasteiger partial charge < -0.3 is 5.32 Å². The Morgan fingerprint density at radius 2 is 1.50 bits per heavy atom. The Hall–Kier alpha value is -2.19. The summed E-state index contributed by atoms with van der Waals surface area (Å²) in [7, 11) is 1.87. The van der Waals surface area contributed by atoms with Crippen LogP contribution in [0, 0.1) is 0 Å². The maximum atomic E-state index is 15.0. The number of hydrogen-bond acceptors (Lipinski definition) is 1. The molecule has 3 rings (SSSR count). The van der Waals surface area contributed by atoms with Gasteiger partial charge in [-0.3, -0.25) is 0 Å². The van der Waals surface area contributed by atoms with Gasteiger partial charge in [0.05, 0.1) is 0 Å². The molecule has 1 unspecified atom stereocenters. The van der Waals surface area contributed by atoms with Crippen LogP contribution >= 0.6 is 0 Å². The zero-order valence-corrected chi connectivity index (χ0v) is 12.7. The van der Waals surface area contributed by atoms with Crippen LogP contribution in [0.25, 0.3) is 10.8 Å². The third kappa shape index (κ3) is 3.02. The second-order valence-electron chi connectivity index (χ2n) is 5.58. The summed E-state index contributed by atoms with van der Waals surface area (Å²) in [6, 6.07) is 23.8.